The van der Waals surface area contributed by atoms with Gasteiger partial charge in [0.25, 0.3) is 0 Å². The van der Waals surface area contributed by atoms with E-state index in [0.29, 0.717) is 0 Å². The Kier molecular flexibility index (Phi) is 2.14. The third kappa shape index (κ3) is 1.46. The largest absolute Gasteiger partial charge is 0.0828 e. The number of aryl methyl sites for hydroxylation is 1. The van der Waals surface area contributed by atoms with Crippen LogP contribution in [0.2, 0.25) is 5.02 Å². The topological polar surface area (TPSA) is 0 Å². The van der Waals surface area contributed by atoms with Crippen LogP contribution >= 0.6 is 27.5 Å². The van der Waals surface area contributed by atoms with Crippen LogP contribution in [0.3, 0.4) is 0 Å². The van der Waals surface area contributed by atoms with E-state index in [1.165, 1.54) is 0 Å². The van der Waals surface area contributed by atoms with Crippen LogP contribution in [0.5, 0.6) is 0 Å². The molecule has 0 bridgehead atoms. The zero-order valence-corrected chi connectivity index (χ0v) is 7.25. The molecular formula is C7H5BrCl. The van der Waals surface area contributed by atoms with Crippen molar-refractivity contribution in [2.24, 2.45) is 0 Å². The van der Waals surface area contributed by atoms with Crippen molar-refractivity contribution in [3.8, 4) is 0 Å². The number of rotatable bonds is 0. The third-order valence-electron chi connectivity index (χ3n) is 1.08. The first-order chi connectivity index (χ1) is 4.22. The normalized spacial score (nSPS) is 9.67. The summed E-state index contributed by atoms with van der Waals surface area (Å²) in [6.45, 7) is 1.96. The Hall–Kier alpha value is -0.0100. The van der Waals surface area contributed by atoms with Crippen molar-refractivity contribution in [3.63, 3.8) is 0 Å². The molecule has 0 unspecified atom stereocenters. The Bertz CT molecular complexity index is 200. The fraction of sp³-hybridized carbons (Fsp3) is 0.143. The van der Waals surface area contributed by atoms with Gasteiger partial charge in [-0.05, 0) is 34.5 Å². The molecule has 1 radical (unpaired) electrons. The van der Waals surface area contributed by atoms with E-state index in [-0.39, 0.29) is 0 Å². The lowest BCUT2D eigenvalue weighted by Gasteiger charge is -1.96. The summed E-state index contributed by atoms with van der Waals surface area (Å²) < 4.78 is 0.837. The lowest BCUT2D eigenvalue weighted by molar-refractivity contribution is 1.45. The Balaban J connectivity index is 3.25. The van der Waals surface area contributed by atoms with Gasteiger partial charge in [0.2, 0.25) is 0 Å². The number of halogens is 2. The van der Waals surface area contributed by atoms with Crippen LogP contribution in [0.4, 0.5) is 0 Å². The fourth-order valence-electron chi connectivity index (χ4n) is 0.549. The van der Waals surface area contributed by atoms with Crippen molar-refractivity contribution < 1.29 is 0 Å². The van der Waals surface area contributed by atoms with Crippen LogP contribution in [0.25, 0.3) is 0 Å². The molecule has 0 aromatic heterocycles. The number of benzene rings is 1. The summed E-state index contributed by atoms with van der Waals surface area (Å²) in [4.78, 5) is 0. The average molecular weight is 204 g/mol. The first-order valence-corrected chi connectivity index (χ1v) is 3.71. The van der Waals surface area contributed by atoms with Crippen LogP contribution in [0, 0.1) is 13.0 Å². The van der Waals surface area contributed by atoms with Crippen LogP contribution in [0.1, 0.15) is 5.56 Å². The maximum Gasteiger partial charge on any atom is 0.0583 e. The quantitative estimate of drug-likeness (QED) is 0.609. The molecule has 9 heavy (non-hydrogen) atoms. The minimum absolute atomic E-state index is 0.748. The molecule has 0 aliphatic rings. The summed E-state index contributed by atoms with van der Waals surface area (Å²) in [5.74, 6) is 0. The molecule has 0 saturated heterocycles. The standard InChI is InChI=1S/C7H5BrCl/c1-5-3-2-4-6(8)7(5)9/h2-3H,1H3. The van der Waals surface area contributed by atoms with Gasteiger partial charge in [-0.15, -0.1) is 0 Å². The van der Waals surface area contributed by atoms with Crippen molar-refractivity contribution in [1.82, 2.24) is 0 Å². The zero-order chi connectivity index (χ0) is 6.85. The van der Waals surface area contributed by atoms with Gasteiger partial charge in [-0.2, -0.15) is 0 Å². The summed E-state index contributed by atoms with van der Waals surface area (Å²) in [5, 5.41) is 0.748. The number of hydrogen-bond donors (Lipinski definition) is 0. The molecule has 1 aromatic rings. The second-order valence-corrected chi connectivity index (χ2v) is 2.96. The Labute approximate surface area is 68.0 Å². The SMILES string of the molecule is Cc1cc[c]c(Br)c1Cl. The van der Waals surface area contributed by atoms with Crippen molar-refractivity contribution in [2.75, 3.05) is 0 Å². The lowest BCUT2D eigenvalue weighted by atomic mass is 10.2. The molecular weight excluding hydrogens is 199 g/mol. The van der Waals surface area contributed by atoms with E-state index in [0.717, 1.165) is 15.1 Å². The third-order valence-corrected chi connectivity index (χ3v) is 2.42. The second kappa shape index (κ2) is 2.72. The second-order valence-electron chi connectivity index (χ2n) is 1.79. The minimum atomic E-state index is 0.748. The predicted octanol–water partition coefficient (Wildman–Crippen LogP) is 3.21. The fourth-order valence-corrected chi connectivity index (χ4v) is 1.11. The Morgan fingerprint density at radius 1 is 1.67 bits per heavy atom. The van der Waals surface area contributed by atoms with Crippen molar-refractivity contribution in [1.29, 1.82) is 0 Å². The highest BCUT2D eigenvalue weighted by Gasteiger charge is 1.96. The molecule has 1 aromatic carbocycles. The summed E-state index contributed by atoms with van der Waals surface area (Å²) in [7, 11) is 0. The smallest absolute Gasteiger partial charge is 0.0583 e. The number of hydrogen-bond acceptors (Lipinski definition) is 0. The van der Waals surface area contributed by atoms with Gasteiger partial charge in [0.1, 0.15) is 0 Å². The molecule has 2 heteroatoms. The predicted molar refractivity (Wildman–Crippen MR) is 42.7 cm³/mol. The average Bonchev–Trinajstić information content (AvgIpc) is 1.83. The lowest BCUT2D eigenvalue weighted by Crippen LogP contribution is -1.74. The van der Waals surface area contributed by atoms with E-state index in [1.807, 2.05) is 19.1 Å². The highest BCUT2D eigenvalue weighted by Crippen LogP contribution is 2.24. The first-order valence-electron chi connectivity index (χ1n) is 2.54. The summed E-state index contributed by atoms with van der Waals surface area (Å²) in [6.07, 6.45) is 0. The maximum absolute atomic E-state index is 5.80. The van der Waals surface area contributed by atoms with Crippen LogP contribution < -0.4 is 0 Å². The summed E-state index contributed by atoms with van der Waals surface area (Å²) in [6, 6.07) is 6.69. The first kappa shape index (κ1) is 7.10. The molecule has 0 fully saturated rings. The van der Waals surface area contributed by atoms with Gasteiger partial charge in [-0.25, -0.2) is 0 Å². The molecule has 0 atom stereocenters. The van der Waals surface area contributed by atoms with Gasteiger partial charge >= 0.3 is 0 Å². The Morgan fingerprint density at radius 3 is 2.78 bits per heavy atom. The molecule has 0 aliphatic carbocycles. The molecule has 0 N–H and O–H groups in total. The molecule has 0 amide bonds. The molecule has 0 spiro atoms. The molecule has 0 nitrogen and oxygen atoms in total. The molecule has 1 rings (SSSR count). The van der Waals surface area contributed by atoms with Gasteiger partial charge in [-0.3, -0.25) is 0 Å². The van der Waals surface area contributed by atoms with Gasteiger partial charge in [0.15, 0.2) is 0 Å². The van der Waals surface area contributed by atoms with E-state index >= 15 is 0 Å². The van der Waals surface area contributed by atoms with Crippen LogP contribution in [0.15, 0.2) is 16.6 Å². The maximum atomic E-state index is 5.80. The van der Waals surface area contributed by atoms with Gasteiger partial charge in [-0.1, -0.05) is 23.7 Å². The van der Waals surface area contributed by atoms with E-state index in [4.69, 9.17) is 11.6 Å². The minimum Gasteiger partial charge on any atom is -0.0828 e. The van der Waals surface area contributed by atoms with Crippen molar-refractivity contribution in [2.45, 2.75) is 6.92 Å². The monoisotopic (exact) mass is 203 g/mol. The van der Waals surface area contributed by atoms with Gasteiger partial charge in [0.05, 0.1) is 5.02 Å². The van der Waals surface area contributed by atoms with E-state index in [2.05, 4.69) is 22.0 Å². The zero-order valence-electron chi connectivity index (χ0n) is 4.91. The van der Waals surface area contributed by atoms with Gasteiger partial charge in [0, 0.05) is 4.47 Å². The van der Waals surface area contributed by atoms with E-state index in [9.17, 15) is 0 Å². The molecule has 47 valence electrons. The van der Waals surface area contributed by atoms with Crippen molar-refractivity contribution >= 4 is 27.5 Å². The highest BCUT2D eigenvalue weighted by molar-refractivity contribution is 9.10. The van der Waals surface area contributed by atoms with E-state index < -0.39 is 0 Å². The summed E-state index contributed by atoms with van der Waals surface area (Å²) >= 11 is 9.06. The molecule has 0 aliphatic heterocycles. The summed E-state index contributed by atoms with van der Waals surface area (Å²) in [5.41, 5.74) is 1.07. The van der Waals surface area contributed by atoms with E-state index in [1.54, 1.807) is 0 Å². The van der Waals surface area contributed by atoms with Crippen molar-refractivity contribution in [3.05, 3.63) is 33.3 Å². The highest BCUT2D eigenvalue weighted by atomic mass is 79.9. The molecule has 0 saturated carbocycles. The Morgan fingerprint density at radius 2 is 2.33 bits per heavy atom. The van der Waals surface area contributed by atoms with Gasteiger partial charge < -0.3 is 0 Å². The van der Waals surface area contributed by atoms with Crippen LogP contribution in [-0.4, -0.2) is 0 Å². The molecule has 0 heterocycles. The van der Waals surface area contributed by atoms with Crippen LogP contribution in [-0.2, 0) is 0 Å².